The van der Waals surface area contributed by atoms with E-state index in [1.54, 1.807) is 0 Å². The molecular formula is C15H20N4O. The van der Waals surface area contributed by atoms with Gasteiger partial charge in [0.15, 0.2) is 5.82 Å². The maximum atomic E-state index is 5.99. The van der Waals surface area contributed by atoms with Gasteiger partial charge in [-0.2, -0.15) is 4.98 Å². The van der Waals surface area contributed by atoms with Crippen molar-refractivity contribution in [3.05, 3.63) is 35.7 Å². The molecule has 2 N–H and O–H groups in total. The van der Waals surface area contributed by atoms with Crippen LogP contribution in [0.3, 0.4) is 0 Å². The summed E-state index contributed by atoms with van der Waals surface area (Å²) >= 11 is 0. The minimum absolute atomic E-state index is 0.270. The molecule has 0 unspecified atom stereocenters. The molecule has 1 saturated heterocycles. The number of benzene rings is 1. The molecule has 2 heterocycles. The summed E-state index contributed by atoms with van der Waals surface area (Å²) in [6.07, 6.45) is 2.25. The van der Waals surface area contributed by atoms with Gasteiger partial charge in [0, 0.05) is 18.2 Å². The van der Waals surface area contributed by atoms with Crippen LogP contribution in [0, 0.1) is 6.92 Å². The van der Waals surface area contributed by atoms with E-state index in [1.165, 1.54) is 5.56 Å². The van der Waals surface area contributed by atoms with Crippen LogP contribution in [0.15, 0.2) is 28.8 Å². The smallest absolute Gasteiger partial charge is 0.257 e. The highest BCUT2D eigenvalue weighted by atomic mass is 16.5. The molecule has 5 nitrogen and oxygen atoms in total. The molecular weight excluding hydrogens is 252 g/mol. The lowest BCUT2D eigenvalue weighted by atomic mass is 10.1. The Morgan fingerprint density at radius 1 is 1.45 bits per heavy atom. The molecule has 0 aliphatic carbocycles. The lowest BCUT2D eigenvalue weighted by Crippen LogP contribution is -2.42. The van der Waals surface area contributed by atoms with Gasteiger partial charge < -0.3 is 10.3 Å². The molecule has 1 aliphatic rings. The summed E-state index contributed by atoms with van der Waals surface area (Å²) in [7, 11) is 0. The number of nitrogens with two attached hydrogens (primary N) is 1. The molecule has 20 heavy (non-hydrogen) atoms. The number of likely N-dealkylation sites (tertiary alicyclic amines) is 1. The summed E-state index contributed by atoms with van der Waals surface area (Å²) in [6.45, 7) is 4.73. The van der Waals surface area contributed by atoms with Gasteiger partial charge in [0.05, 0.1) is 6.54 Å². The van der Waals surface area contributed by atoms with Crippen LogP contribution in [0.4, 0.5) is 0 Å². The average molecular weight is 272 g/mol. The number of hydrogen-bond acceptors (Lipinski definition) is 5. The summed E-state index contributed by atoms with van der Waals surface area (Å²) in [5.74, 6) is 1.32. The van der Waals surface area contributed by atoms with Crippen molar-refractivity contribution < 1.29 is 4.52 Å². The van der Waals surface area contributed by atoms with Gasteiger partial charge in [0.1, 0.15) is 0 Å². The fourth-order valence-electron chi connectivity index (χ4n) is 2.65. The second-order valence-corrected chi connectivity index (χ2v) is 5.52. The first-order valence-corrected chi connectivity index (χ1v) is 7.08. The Morgan fingerprint density at radius 2 is 2.35 bits per heavy atom. The molecule has 0 spiro atoms. The summed E-state index contributed by atoms with van der Waals surface area (Å²) in [5, 5.41) is 4.07. The van der Waals surface area contributed by atoms with Crippen LogP contribution in [0.1, 0.15) is 24.2 Å². The van der Waals surface area contributed by atoms with Crippen molar-refractivity contribution in [1.29, 1.82) is 0 Å². The van der Waals surface area contributed by atoms with Crippen molar-refractivity contribution in [3.8, 4) is 11.5 Å². The van der Waals surface area contributed by atoms with Crippen LogP contribution >= 0.6 is 0 Å². The zero-order valence-electron chi connectivity index (χ0n) is 11.7. The van der Waals surface area contributed by atoms with Gasteiger partial charge in [0.25, 0.3) is 5.89 Å². The van der Waals surface area contributed by atoms with E-state index >= 15 is 0 Å². The van der Waals surface area contributed by atoms with Gasteiger partial charge in [-0.1, -0.05) is 22.9 Å². The second kappa shape index (κ2) is 5.73. The third-order valence-corrected chi connectivity index (χ3v) is 3.64. The van der Waals surface area contributed by atoms with E-state index in [4.69, 9.17) is 10.3 Å². The van der Waals surface area contributed by atoms with Gasteiger partial charge in [-0.25, -0.2) is 0 Å². The Balaban J connectivity index is 1.70. The first-order valence-electron chi connectivity index (χ1n) is 7.08. The Kier molecular flexibility index (Phi) is 3.80. The standard InChI is InChI=1S/C15H20N4O/c1-11-4-2-5-12(8-11)15-17-14(18-20-15)10-19-7-3-6-13(16)9-19/h2,4-5,8,13H,3,6-7,9-10,16H2,1H3/t13-/m1/s1. The molecule has 0 saturated carbocycles. The number of aryl methyl sites for hydroxylation is 1. The quantitative estimate of drug-likeness (QED) is 0.925. The van der Waals surface area contributed by atoms with Gasteiger partial charge >= 0.3 is 0 Å². The number of rotatable bonds is 3. The molecule has 1 aromatic heterocycles. The summed E-state index contributed by atoms with van der Waals surface area (Å²) in [4.78, 5) is 6.77. The van der Waals surface area contributed by atoms with Gasteiger partial charge in [-0.3, -0.25) is 4.90 Å². The molecule has 5 heteroatoms. The fourth-order valence-corrected chi connectivity index (χ4v) is 2.65. The molecule has 3 rings (SSSR count). The second-order valence-electron chi connectivity index (χ2n) is 5.52. The minimum Gasteiger partial charge on any atom is -0.334 e. The van der Waals surface area contributed by atoms with Crippen LogP contribution in [0.5, 0.6) is 0 Å². The Bertz CT molecular complexity index is 581. The van der Waals surface area contributed by atoms with Crippen molar-refractivity contribution in [3.63, 3.8) is 0 Å². The van der Waals surface area contributed by atoms with Crippen molar-refractivity contribution in [2.24, 2.45) is 5.73 Å². The third-order valence-electron chi connectivity index (χ3n) is 3.64. The Hall–Kier alpha value is -1.72. The summed E-state index contributed by atoms with van der Waals surface area (Å²) in [5.41, 5.74) is 8.14. The van der Waals surface area contributed by atoms with E-state index in [-0.39, 0.29) is 6.04 Å². The molecule has 1 atom stereocenters. The predicted octanol–water partition coefficient (Wildman–Crippen LogP) is 1.97. The molecule has 1 fully saturated rings. The first kappa shape index (κ1) is 13.3. The summed E-state index contributed by atoms with van der Waals surface area (Å²) < 4.78 is 5.36. The maximum absolute atomic E-state index is 5.99. The lowest BCUT2D eigenvalue weighted by Gasteiger charge is -2.29. The Labute approximate surface area is 118 Å². The van der Waals surface area contributed by atoms with Crippen LogP contribution in [-0.2, 0) is 6.54 Å². The van der Waals surface area contributed by atoms with E-state index < -0.39 is 0 Å². The van der Waals surface area contributed by atoms with Crippen LogP contribution in [0.25, 0.3) is 11.5 Å². The van der Waals surface area contributed by atoms with Crippen molar-refractivity contribution in [1.82, 2.24) is 15.0 Å². The zero-order chi connectivity index (χ0) is 13.9. The van der Waals surface area contributed by atoms with E-state index in [0.717, 1.165) is 37.3 Å². The molecule has 0 radical (unpaired) electrons. The van der Waals surface area contributed by atoms with Gasteiger partial charge in [-0.15, -0.1) is 0 Å². The molecule has 1 aromatic carbocycles. The SMILES string of the molecule is Cc1cccc(-c2nc(CN3CCC[C@@H](N)C3)no2)c1. The Morgan fingerprint density at radius 3 is 3.15 bits per heavy atom. The van der Waals surface area contributed by atoms with E-state index in [9.17, 15) is 0 Å². The predicted molar refractivity (Wildman–Crippen MR) is 77.0 cm³/mol. The lowest BCUT2D eigenvalue weighted by molar-refractivity contribution is 0.195. The average Bonchev–Trinajstić information content (AvgIpc) is 2.87. The van der Waals surface area contributed by atoms with Gasteiger partial charge in [0.2, 0.25) is 0 Å². The zero-order valence-corrected chi connectivity index (χ0v) is 11.7. The molecule has 106 valence electrons. The van der Waals surface area contributed by atoms with E-state index in [1.807, 2.05) is 18.2 Å². The van der Waals surface area contributed by atoms with Crippen molar-refractivity contribution in [2.75, 3.05) is 13.1 Å². The van der Waals surface area contributed by atoms with E-state index in [2.05, 4.69) is 28.0 Å². The van der Waals surface area contributed by atoms with E-state index in [0.29, 0.717) is 12.4 Å². The molecule has 2 aromatic rings. The van der Waals surface area contributed by atoms with Crippen LogP contribution in [0.2, 0.25) is 0 Å². The molecule has 1 aliphatic heterocycles. The maximum Gasteiger partial charge on any atom is 0.257 e. The molecule has 0 amide bonds. The monoisotopic (exact) mass is 272 g/mol. The number of piperidine rings is 1. The van der Waals surface area contributed by atoms with Crippen LogP contribution < -0.4 is 5.73 Å². The highest BCUT2D eigenvalue weighted by molar-refractivity contribution is 5.53. The third kappa shape index (κ3) is 3.05. The van der Waals surface area contributed by atoms with Crippen molar-refractivity contribution >= 4 is 0 Å². The highest BCUT2D eigenvalue weighted by Gasteiger charge is 2.19. The summed E-state index contributed by atoms with van der Waals surface area (Å²) in [6, 6.07) is 8.36. The van der Waals surface area contributed by atoms with Gasteiger partial charge in [-0.05, 0) is 38.4 Å². The van der Waals surface area contributed by atoms with Crippen LogP contribution in [-0.4, -0.2) is 34.2 Å². The first-order chi connectivity index (χ1) is 9.70. The number of hydrogen-bond donors (Lipinski definition) is 1. The largest absolute Gasteiger partial charge is 0.334 e. The topological polar surface area (TPSA) is 68.2 Å². The minimum atomic E-state index is 0.270. The highest BCUT2D eigenvalue weighted by Crippen LogP contribution is 2.19. The fraction of sp³-hybridized carbons (Fsp3) is 0.467. The normalized spacial score (nSPS) is 20.2. The number of aromatic nitrogens is 2. The van der Waals surface area contributed by atoms with Crippen molar-refractivity contribution in [2.45, 2.75) is 32.4 Å². The molecule has 0 bridgehead atoms. The number of nitrogens with zero attached hydrogens (tertiary/aromatic N) is 3.